The van der Waals surface area contributed by atoms with Crippen molar-refractivity contribution in [3.05, 3.63) is 70.5 Å². The van der Waals surface area contributed by atoms with Crippen molar-refractivity contribution >= 4 is 17.5 Å². The summed E-state index contributed by atoms with van der Waals surface area (Å²) in [6, 6.07) is 13.9. The van der Waals surface area contributed by atoms with Crippen LogP contribution in [0.5, 0.6) is 0 Å². The maximum Gasteiger partial charge on any atom is 0.222 e. The van der Waals surface area contributed by atoms with Gasteiger partial charge in [-0.25, -0.2) is 4.39 Å². The van der Waals surface area contributed by atoms with E-state index in [-0.39, 0.29) is 43.0 Å². The molecule has 6 nitrogen and oxygen atoms in total. The van der Waals surface area contributed by atoms with E-state index in [2.05, 4.69) is 10.2 Å². The number of aliphatic hydroxyl groups excluding tert-OH is 1. The molecular weight excluding hydrogens is 447 g/mol. The maximum absolute atomic E-state index is 13.3. The van der Waals surface area contributed by atoms with E-state index in [9.17, 15) is 14.3 Å². The van der Waals surface area contributed by atoms with Gasteiger partial charge in [0, 0.05) is 30.7 Å². The first-order chi connectivity index (χ1) is 16.0. The van der Waals surface area contributed by atoms with Crippen molar-refractivity contribution in [1.29, 1.82) is 0 Å². The lowest BCUT2D eigenvalue weighted by Gasteiger charge is -2.44. The minimum absolute atomic E-state index is 0.0486. The number of benzene rings is 2. The number of carbonyl (C=O) groups excluding carboxylic acids is 1. The van der Waals surface area contributed by atoms with Crippen LogP contribution >= 0.6 is 11.6 Å². The Hall–Kier alpha value is -2.03. The predicted molar refractivity (Wildman–Crippen MR) is 123 cm³/mol. The van der Waals surface area contributed by atoms with Gasteiger partial charge in [0.25, 0.3) is 0 Å². The molecule has 1 amide bonds. The predicted octanol–water partition coefficient (Wildman–Crippen LogP) is 3.29. The third-order valence-corrected chi connectivity index (χ3v) is 6.60. The summed E-state index contributed by atoms with van der Waals surface area (Å²) < 4.78 is 25.3. The maximum atomic E-state index is 13.3. The van der Waals surface area contributed by atoms with Crippen molar-refractivity contribution in [3.63, 3.8) is 0 Å². The highest BCUT2D eigenvalue weighted by atomic mass is 35.5. The molecule has 0 bridgehead atoms. The number of rotatable bonds is 6. The third-order valence-electron chi connectivity index (χ3n) is 6.23. The van der Waals surface area contributed by atoms with E-state index in [1.165, 1.54) is 12.1 Å². The fourth-order valence-electron chi connectivity index (χ4n) is 4.57. The highest BCUT2D eigenvalue weighted by Crippen LogP contribution is 2.29. The van der Waals surface area contributed by atoms with Gasteiger partial charge >= 0.3 is 0 Å². The molecule has 0 spiro atoms. The summed E-state index contributed by atoms with van der Waals surface area (Å²) in [7, 11) is 0. The quantitative estimate of drug-likeness (QED) is 0.669. The molecule has 0 radical (unpaired) electrons. The summed E-state index contributed by atoms with van der Waals surface area (Å²) in [5.41, 5.74) is 1.85. The van der Waals surface area contributed by atoms with Crippen molar-refractivity contribution in [2.45, 2.75) is 56.7 Å². The summed E-state index contributed by atoms with van der Waals surface area (Å²) in [5, 5.41) is 13.9. The Morgan fingerprint density at radius 1 is 1.15 bits per heavy atom. The number of β-amino-alcohol motifs (C(OH)–C–C–N with tert-alkyl or cyclic N) is 1. The zero-order chi connectivity index (χ0) is 23.2. The highest BCUT2D eigenvalue weighted by Gasteiger charge is 2.38. The van der Waals surface area contributed by atoms with E-state index in [0.717, 1.165) is 24.0 Å². The Bertz CT molecular complexity index is 929. The van der Waals surface area contributed by atoms with E-state index in [0.29, 0.717) is 31.3 Å². The molecule has 2 N–H and O–H groups in total. The molecule has 178 valence electrons. The molecule has 2 aromatic rings. The van der Waals surface area contributed by atoms with E-state index in [1.807, 2.05) is 18.2 Å². The molecule has 8 heteroatoms. The zero-order valence-corrected chi connectivity index (χ0v) is 19.2. The van der Waals surface area contributed by atoms with Gasteiger partial charge in [-0.05, 0) is 42.2 Å². The number of hydrogen-bond acceptors (Lipinski definition) is 5. The first-order valence-corrected chi connectivity index (χ1v) is 11.8. The van der Waals surface area contributed by atoms with Crippen LogP contribution in [-0.2, 0) is 27.4 Å². The van der Waals surface area contributed by atoms with E-state index < -0.39 is 6.10 Å². The topological polar surface area (TPSA) is 71.0 Å². The zero-order valence-electron chi connectivity index (χ0n) is 18.5. The second-order valence-corrected chi connectivity index (χ2v) is 9.17. The largest absolute Gasteiger partial charge is 0.389 e. The van der Waals surface area contributed by atoms with Crippen LogP contribution in [0.25, 0.3) is 0 Å². The average molecular weight is 477 g/mol. The number of ether oxygens (including phenoxy) is 2. The summed E-state index contributed by atoms with van der Waals surface area (Å²) in [5.74, 6) is -0.349. The van der Waals surface area contributed by atoms with Gasteiger partial charge in [-0.3, -0.25) is 9.69 Å². The molecule has 0 aromatic heterocycles. The summed E-state index contributed by atoms with van der Waals surface area (Å²) in [4.78, 5) is 14.7. The van der Waals surface area contributed by atoms with Gasteiger partial charge in [0.15, 0.2) is 0 Å². The molecule has 2 fully saturated rings. The molecule has 2 aromatic carbocycles. The SMILES string of the molecule is O=C(C[C@@H]1CC[C@H]2[C@@H](COC[C@H](O)CN2Cc2ccc(F)cc2)O1)NCc1ccccc1Cl. The van der Waals surface area contributed by atoms with Gasteiger partial charge in [0.2, 0.25) is 5.91 Å². The molecule has 0 unspecified atom stereocenters. The standard InChI is InChI=1S/C25H30ClFN2O4/c26-22-4-2-1-3-18(22)12-28-25(31)11-21-9-10-23-24(33-21)16-32-15-20(30)14-29(23)13-17-5-7-19(27)8-6-17/h1-8,20-21,23-24,30H,9-16H2,(H,28,31)/t20-,21+,23+,24-/m1/s1. The minimum Gasteiger partial charge on any atom is -0.389 e. The fraction of sp³-hybridized carbons (Fsp3) is 0.480. The minimum atomic E-state index is -0.597. The van der Waals surface area contributed by atoms with E-state index >= 15 is 0 Å². The Labute approximate surface area is 198 Å². The smallest absolute Gasteiger partial charge is 0.222 e. The van der Waals surface area contributed by atoms with Crippen LogP contribution in [0.3, 0.4) is 0 Å². The van der Waals surface area contributed by atoms with Gasteiger partial charge in [-0.15, -0.1) is 0 Å². The first-order valence-electron chi connectivity index (χ1n) is 11.4. The van der Waals surface area contributed by atoms with Gasteiger partial charge in [0.1, 0.15) is 5.82 Å². The molecule has 4 rings (SSSR count). The second-order valence-electron chi connectivity index (χ2n) is 8.76. The molecular formula is C25H30ClFN2O4. The molecule has 2 saturated heterocycles. The molecule has 2 heterocycles. The van der Waals surface area contributed by atoms with Crippen LogP contribution in [0, 0.1) is 5.82 Å². The average Bonchev–Trinajstić information content (AvgIpc) is 2.79. The van der Waals surface area contributed by atoms with Crippen LogP contribution in [0.2, 0.25) is 5.02 Å². The fourth-order valence-corrected chi connectivity index (χ4v) is 4.77. The summed E-state index contributed by atoms with van der Waals surface area (Å²) >= 11 is 6.16. The summed E-state index contributed by atoms with van der Waals surface area (Å²) in [6.07, 6.45) is 0.834. The Balaban J connectivity index is 1.34. The van der Waals surface area contributed by atoms with Crippen LogP contribution < -0.4 is 5.32 Å². The van der Waals surface area contributed by atoms with Crippen molar-refractivity contribution in [3.8, 4) is 0 Å². The lowest BCUT2D eigenvalue weighted by molar-refractivity contribution is -0.158. The molecule has 2 aliphatic heterocycles. The van der Waals surface area contributed by atoms with Crippen molar-refractivity contribution in [1.82, 2.24) is 10.2 Å². The monoisotopic (exact) mass is 476 g/mol. The molecule has 0 saturated carbocycles. The van der Waals surface area contributed by atoms with Crippen molar-refractivity contribution in [2.75, 3.05) is 19.8 Å². The van der Waals surface area contributed by atoms with Crippen molar-refractivity contribution < 1.29 is 23.8 Å². The number of nitrogens with one attached hydrogen (secondary N) is 1. The molecule has 2 aliphatic rings. The molecule has 4 atom stereocenters. The van der Waals surface area contributed by atoms with Gasteiger partial charge < -0.3 is 19.9 Å². The lowest BCUT2D eigenvalue weighted by Crippen LogP contribution is -2.55. The molecule has 33 heavy (non-hydrogen) atoms. The van der Waals surface area contributed by atoms with Crippen LogP contribution in [-0.4, -0.2) is 60.0 Å². The summed E-state index contributed by atoms with van der Waals surface area (Å²) in [6.45, 7) is 2.01. The Morgan fingerprint density at radius 3 is 2.73 bits per heavy atom. The first kappa shape index (κ1) is 24.1. The number of nitrogens with zero attached hydrogens (tertiary/aromatic N) is 1. The normalized spacial score (nSPS) is 26.2. The van der Waals surface area contributed by atoms with Gasteiger partial charge in [-0.2, -0.15) is 0 Å². The van der Waals surface area contributed by atoms with E-state index in [4.69, 9.17) is 21.1 Å². The number of hydrogen-bond donors (Lipinski definition) is 2. The van der Waals surface area contributed by atoms with Crippen LogP contribution in [0.15, 0.2) is 48.5 Å². The van der Waals surface area contributed by atoms with Crippen molar-refractivity contribution in [2.24, 2.45) is 0 Å². The van der Waals surface area contributed by atoms with Crippen LogP contribution in [0.4, 0.5) is 4.39 Å². The highest BCUT2D eigenvalue weighted by molar-refractivity contribution is 6.31. The number of aliphatic hydroxyl groups is 1. The second kappa shape index (κ2) is 11.4. The van der Waals surface area contributed by atoms with Crippen LogP contribution in [0.1, 0.15) is 30.4 Å². The number of carbonyl (C=O) groups is 1. The number of halogens is 2. The lowest BCUT2D eigenvalue weighted by atomic mass is 9.94. The number of fused-ring (bicyclic) bond motifs is 1. The molecule has 0 aliphatic carbocycles. The van der Waals surface area contributed by atoms with Gasteiger partial charge in [0.05, 0.1) is 37.9 Å². The van der Waals surface area contributed by atoms with E-state index in [1.54, 1.807) is 18.2 Å². The van der Waals surface area contributed by atoms with Gasteiger partial charge in [-0.1, -0.05) is 41.9 Å². The third kappa shape index (κ3) is 6.74. The Morgan fingerprint density at radius 2 is 1.94 bits per heavy atom. The Kier molecular flexibility index (Phi) is 8.33. The number of amides is 1.